The zero-order chi connectivity index (χ0) is 14.9. The smallest absolute Gasteiger partial charge is 0.193 e. The van der Waals surface area contributed by atoms with Crippen molar-refractivity contribution in [1.82, 2.24) is 19.7 Å². The molecule has 5 heterocycles. The van der Waals surface area contributed by atoms with Crippen molar-refractivity contribution >= 4 is 10.8 Å². The Morgan fingerprint density at radius 1 is 1.09 bits per heavy atom. The Morgan fingerprint density at radius 3 is 2.55 bits per heavy atom. The Balaban J connectivity index is 1.65. The van der Waals surface area contributed by atoms with Crippen molar-refractivity contribution in [3.8, 4) is 0 Å². The largest absolute Gasteiger partial charge is 0.281 e. The van der Waals surface area contributed by atoms with Gasteiger partial charge in [0.15, 0.2) is 6.17 Å². The molecule has 4 bridgehead atoms. The number of aryl methyl sites for hydroxylation is 1. The van der Waals surface area contributed by atoms with Crippen LogP contribution in [0.2, 0.25) is 0 Å². The Kier molecular flexibility index (Phi) is 2.51. The summed E-state index contributed by atoms with van der Waals surface area (Å²) in [6, 6.07) is 10.9. The third-order valence-corrected chi connectivity index (χ3v) is 5.36. The van der Waals surface area contributed by atoms with Gasteiger partial charge in [0.25, 0.3) is 0 Å². The zero-order valence-electron chi connectivity index (χ0n) is 13.2. The molecule has 6 rings (SSSR count). The van der Waals surface area contributed by atoms with Crippen LogP contribution in [0, 0.1) is 6.92 Å². The zero-order valence-corrected chi connectivity index (χ0v) is 13.2. The fourth-order valence-corrected chi connectivity index (χ4v) is 4.81. The minimum Gasteiger partial charge on any atom is -0.281 e. The van der Waals surface area contributed by atoms with Crippen LogP contribution in [0.25, 0.3) is 10.8 Å². The minimum absolute atomic E-state index is 0.385. The molecule has 114 valence electrons. The molecule has 22 heavy (non-hydrogen) atoms. The molecule has 0 amide bonds. The lowest BCUT2D eigenvalue weighted by Gasteiger charge is -2.63. The van der Waals surface area contributed by atoms with Crippen LogP contribution >= 0.6 is 0 Å². The summed E-state index contributed by atoms with van der Waals surface area (Å²) in [5.41, 5.74) is 2.39. The summed E-state index contributed by atoms with van der Waals surface area (Å²) in [5, 5.41) is 2.59. The van der Waals surface area contributed by atoms with Crippen molar-refractivity contribution in [2.45, 2.75) is 13.1 Å². The molecule has 4 saturated heterocycles. The van der Waals surface area contributed by atoms with Crippen molar-refractivity contribution in [3.63, 3.8) is 0 Å². The highest BCUT2D eigenvalue weighted by Gasteiger charge is 2.54. The molecule has 2 aromatic rings. The van der Waals surface area contributed by atoms with E-state index in [9.17, 15) is 0 Å². The van der Waals surface area contributed by atoms with Crippen LogP contribution in [0.1, 0.15) is 17.6 Å². The van der Waals surface area contributed by atoms with E-state index in [1.165, 1.54) is 16.5 Å². The van der Waals surface area contributed by atoms with Gasteiger partial charge in [0.05, 0.1) is 27.1 Å². The Bertz CT molecular complexity index is 744. The molecular weight excluding hydrogens is 274 g/mol. The Morgan fingerprint density at radius 2 is 1.82 bits per heavy atom. The fourth-order valence-electron chi connectivity index (χ4n) is 4.81. The lowest BCUT2D eigenvalue weighted by molar-refractivity contribution is -0.995. The molecule has 4 aliphatic heterocycles. The monoisotopic (exact) mass is 296 g/mol. The van der Waals surface area contributed by atoms with E-state index in [-0.39, 0.29) is 0 Å². The highest BCUT2D eigenvalue weighted by atomic mass is 15.7. The number of quaternary nitrogens is 1. The molecular formula is C17H22N5+. The first-order valence-corrected chi connectivity index (χ1v) is 8.02. The van der Waals surface area contributed by atoms with E-state index in [2.05, 4.69) is 59.0 Å². The maximum Gasteiger partial charge on any atom is 0.193 e. The molecule has 1 aromatic carbocycles. The average molecular weight is 296 g/mol. The maximum absolute atomic E-state index is 5.00. The second-order valence-electron chi connectivity index (χ2n) is 7.34. The molecule has 0 saturated carbocycles. The molecule has 1 aromatic heterocycles. The average Bonchev–Trinajstić information content (AvgIpc) is 2.45. The van der Waals surface area contributed by atoms with Gasteiger partial charge in [-0.3, -0.25) is 4.48 Å². The van der Waals surface area contributed by atoms with Gasteiger partial charge >= 0.3 is 0 Å². The number of hydrogen-bond acceptors (Lipinski definition) is 4. The molecule has 0 aliphatic carbocycles. The molecule has 0 radical (unpaired) electrons. The molecule has 3 atom stereocenters. The highest BCUT2D eigenvalue weighted by Crippen LogP contribution is 2.41. The third kappa shape index (κ3) is 1.71. The lowest BCUT2D eigenvalue weighted by atomic mass is 10.1. The van der Waals surface area contributed by atoms with E-state index in [4.69, 9.17) is 4.98 Å². The molecule has 4 fully saturated rings. The number of rotatable bonds is 1. The van der Waals surface area contributed by atoms with E-state index >= 15 is 0 Å². The molecule has 5 heteroatoms. The lowest BCUT2D eigenvalue weighted by Crippen LogP contribution is -2.78. The first-order chi connectivity index (χ1) is 10.6. The van der Waals surface area contributed by atoms with Crippen LogP contribution in [0.5, 0.6) is 0 Å². The predicted octanol–water partition coefficient (Wildman–Crippen LogP) is 1.72. The van der Waals surface area contributed by atoms with Crippen molar-refractivity contribution in [1.29, 1.82) is 0 Å². The number of hydrogen-bond donors (Lipinski definition) is 0. The number of nitrogens with zero attached hydrogens (tertiary/aromatic N) is 5. The van der Waals surface area contributed by atoms with Gasteiger partial charge in [0.1, 0.15) is 19.0 Å². The second-order valence-corrected chi connectivity index (χ2v) is 7.34. The number of fused-ring (bicyclic) bond motifs is 1. The van der Waals surface area contributed by atoms with Gasteiger partial charge in [-0.15, -0.1) is 0 Å². The van der Waals surface area contributed by atoms with E-state index < -0.39 is 0 Å². The Hall–Kier alpha value is -1.53. The van der Waals surface area contributed by atoms with E-state index in [1.54, 1.807) is 0 Å². The Labute approximate surface area is 130 Å². The van der Waals surface area contributed by atoms with Crippen LogP contribution in [-0.4, -0.2) is 64.6 Å². The molecule has 4 aliphatic rings. The summed E-state index contributed by atoms with van der Waals surface area (Å²) < 4.78 is 1.03. The number of aromatic nitrogens is 1. The van der Waals surface area contributed by atoms with Crippen molar-refractivity contribution in [3.05, 3.63) is 41.7 Å². The van der Waals surface area contributed by atoms with Gasteiger partial charge in [0, 0.05) is 11.1 Å². The van der Waals surface area contributed by atoms with Gasteiger partial charge in [-0.25, -0.2) is 19.7 Å². The summed E-state index contributed by atoms with van der Waals surface area (Å²) in [5.74, 6) is 0. The first kappa shape index (κ1) is 13.0. The number of benzene rings is 1. The fraction of sp³-hybridized carbons (Fsp3) is 0.471. The van der Waals surface area contributed by atoms with Crippen LogP contribution in [0.15, 0.2) is 30.3 Å². The van der Waals surface area contributed by atoms with Crippen LogP contribution in [-0.2, 0) is 0 Å². The van der Waals surface area contributed by atoms with Crippen LogP contribution in [0.3, 0.4) is 0 Å². The topological polar surface area (TPSA) is 22.6 Å². The first-order valence-electron chi connectivity index (χ1n) is 8.02. The minimum atomic E-state index is 0.385. The van der Waals surface area contributed by atoms with Crippen molar-refractivity contribution in [2.24, 2.45) is 0 Å². The molecule has 5 nitrogen and oxygen atoms in total. The van der Waals surface area contributed by atoms with E-state index in [0.717, 1.165) is 43.5 Å². The second kappa shape index (κ2) is 4.26. The van der Waals surface area contributed by atoms with E-state index in [0.29, 0.717) is 6.17 Å². The standard InChI is InChI=1S/C17H22N5/c1-13-15-6-4-3-5-14(15)7-16(18-13)17-21-9-19-8-20(10-21)12-22(17,2)11-19/h3-7,17H,8-12H2,1-2H3/q+1. The third-order valence-electron chi connectivity index (χ3n) is 5.36. The van der Waals surface area contributed by atoms with E-state index in [1.807, 2.05) is 0 Å². The predicted molar refractivity (Wildman–Crippen MR) is 85.3 cm³/mol. The van der Waals surface area contributed by atoms with Gasteiger partial charge in [-0.1, -0.05) is 24.3 Å². The number of pyridine rings is 1. The normalized spacial score (nSPS) is 39.5. The maximum atomic E-state index is 5.00. The van der Waals surface area contributed by atoms with Gasteiger partial charge in [-0.05, 0) is 18.4 Å². The highest BCUT2D eigenvalue weighted by molar-refractivity contribution is 5.84. The summed E-state index contributed by atoms with van der Waals surface area (Å²) in [4.78, 5) is 12.7. The van der Waals surface area contributed by atoms with Gasteiger partial charge in [0.2, 0.25) is 0 Å². The summed E-state index contributed by atoms with van der Waals surface area (Å²) in [7, 11) is 2.38. The molecule has 0 spiro atoms. The van der Waals surface area contributed by atoms with Gasteiger partial charge in [-0.2, -0.15) is 0 Å². The van der Waals surface area contributed by atoms with Crippen LogP contribution < -0.4 is 0 Å². The van der Waals surface area contributed by atoms with Gasteiger partial charge < -0.3 is 0 Å². The summed E-state index contributed by atoms with van der Waals surface area (Å²) >= 11 is 0. The van der Waals surface area contributed by atoms with Crippen molar-refractivity contribution in [2.75, 3.05) is 40.4 Å². The summed E-state index contributed by atoms with van der Waals surface area (Å²) in [6.45, 7) is 7.67. The molecule has 0 N–H and O–H groups in total. The summed E-state index contributed by atoms with van der Waals surface area (Å²) in [6.07, 6.45) is 0.385. The SMILES string of the molecule is Cc1nc(C2N3CN4CN(C3)C[N+]2(C)C4)cc2ccccc12. The van der Waals surface area contributed by atoms with Crippen molar-refractivity contribution < 1.29 is 4.48 Å². The quantitative estimate of drug-likeness (QED) is 0.747. The van der Waals surface area contributed by atoms with Crippen LogP contribution in [0.4, 0.5) is 0 Å². The molecule has 3 unspecified atom stereocenters.